The number of phenols is 2. The largest absolute Gasteiger partial charge is 0.504 e. The predicted octanol–water partition coefficient (Wildman–Crippen LogP) is 1.47. The third-order valence-corrected chi connectivity index (χ3v) is 2.37. The molecule has 17 heavy (non-hydrogen) atoms. The van der Waals surface area contributed by atoms with Crippen LogP contribution in [0.3, 0.4) is 0 Å². The van der Waals surface area contributed by atoms with Crippen LogP contribution in [0, 0.1) is 11.3 Å². The van der Waals surface area contributed by atoms with E-state index in [2.05, 4.69) is 0 Å². The highest BCUT2D eigenvalue weighted by atomic mass is 16.3. The van der Waals surface area contributed by atoms with Crippen molar-refractivity contribution in [3.8, 4) is 17.6 Å². The van der Waals surface area contributed by atoms with Crippen molar-refractivity contribution in [2.24, 2.45) is 0 Å². The van der Waals surface area contributed by atoms with Crippen molar-refractivity contribution in [1.82, 2.24) is 4.90 Å². The van der Waals surface area contributed by atoms with Gasteiger partial charge in [-0.15, -0.1) is 0 Å². The summed E-state index contributed by atoms with van der Waals surface area (Å²) in [6.07, 6.45) is 0. The van der Waals surface area contributed by atoms with E-state index in [1.54, 1.807) is 13.8 Å². The molecule has 0 aliphatic heterocycles. The summed E-state index contributed by atoms with van der Waals surface area (Å²) in [5.74, 6) is -1.28. The summed E-state index contributed by atoms with van der Waals surface area (Å²) in [5.41, 5.74) is -0.00560. The van der Waals surface area contributed by atoms with Gasteiger partial charge in [0.1, 0.15) is 6.54 Å². The van der Waals surface area contributed by atoms with E-state index in [-0.39, 0.29) is 23.9 Å². The van der Waals surface area contributed by atoms with Crippen LogP contribution < -0.4 is 0 Å². The van der Waals surface area contributed by atoms with Crippen LogP contribution in [0.2, 0.25) is 0 Å². The average Bonchev–Trinajstić information content (AvgIpc) is 2.28. The van der Waals surface area contributed by atoms with Gasteiger partial charge in [-0.2, -0.15) is 5.26 Å². The van der Waals surface area contributed by atoms with Crippen LogP contribution in [-0.2, 0) is 0 Å². The number of carbonyl (C=O) groups excluding carboxylic acids is 1. The first-order chi connectivity index (χ1) is 7.99. The molecule has 0 unspecified atom stereocenters. The fraction of sp³-hybridized carbons (Fsp3) is 0.333. The van der Waals surface area contributed by atoms with Crippen molar-refractivity contribution in [2.75, 3.05) is 6.54 Å². The van der Waals surface area contributed by atoms with Gasteiger partial charge in [-0.05, 0) is 26.0 Å². The minimum absolute atomic E-state index is 0.00560. The lowest BCUT2D eigenvalue weighted by molar-refractivity contribution is 0.0727. The number of nitrogens with zero attached hydrogens (tertiary/aromatic N) is 2. The van der Waals surface area contributed by atoms with Gasteiger partial charge in [-0.3, -0.25) is 4.79 Å². The van der Waals surface area contributed by atoms with Gasteiger partial charge in [-0.1, -0.05) is 6.07 Å². The van der Waals surface area contributed by atoms with Gasteiger partial charge in [0, 0.05) is 6.04 Å². The molecule has 0 aliphatic rings. The molecule has 0 radical (unpaired) electrons. The van der Waals surface area contributed by atoms with Crippen molar-refractivity contribution < 1.29 is 15.0 Å². The van der Waals surface area contributed by atoms with E-state index >= 15 is 0 Å². The Bertz CT molecular complexity index is 463. The highest BCUT2D eigenvalue weighted by molar-refractivity contribution is 5.97. The number of para-hydroxylation sites is 1. The smallest absolute Gasteiger partial charge is 0.258 e. The van der Waals surface area contributed by atoms with E-state index in [1.807, 2.05) is 6.07 Å². The van der Waals surface area contributed by atoms with Crippen LogP contribution in [0.1, 0.15) is 24.2 Å². The Morgan fingerprint density at radius 2 is 2.12 bits per heavy atom. The summed E-state index contributed by atoms with van der Waals surface area (Å²) >= 11 is 0. The predicted molar refractivity (Wildman–Crippen MR) is 61.6 cm³/mol. The van der Waals surface area contributed by atoms with Crippen molar-refractivity contribution >= 4 is 5.91 Å². The third-order valence-electron chi connectivity index (χ3n) is 2.37. The first-order valence-corrected chi connectivity index (χ1v) is 5.18. The van der Waals surface area contributed by atoms with E-state index in [0.717, 1.165) is 0 Å². The van der Waals surface area contributed by atoms with E-state index in [9.17, 15) is 15.0 Å². The molecule has 5 nitrogen and oxygen atoms in total. The van der Waals surface area contributed by atoms with Crippen LogP contribution in [0.15, 0.2) is 18.2 Å². The van der Waals surface area contributed by atoms with E-state index in [1.165, 1.54) is 23.1 Å². The SMILES string of the molecule is CC(C)N(CC#N)C(=O)c1cccc(O)c1O. The zero-order valence-corrected chi connectivity index (χ0v) is 9.71. The van der Waals surface area contributed by atoms with E-state index in [4.69, 9.17) is 5.26 Å². The lowest BCUT2D eigenvalue weighted by Gasteiger charge is -2.24. The molecule has 5 heteroatoms. The normalized spacial score (nSPS) is 10.0. The number of hydrogen-bond donors (Lipinski definition) is 2. The zero-order chi connectivity index (χ0) is 13.0. The second-order valence-electron chi connectivity index (χ2n) is 3.86. The fourth-order valence-electron chi connectivity index (χ4n) is 1.42. The molecule has 0 fully saturated rings. The molecule has 0 saturated carbocycles. The van der Waals surface area contributed by atoms with Crippen LogP contribution in [0.5, 0.6) is 11.5 Å². The maximum absolute atomic E-state index is 12.1. The van der Waals surface area contributed by atoms with Gasteiger partial charge in [0.05, 0.1) is 11.6 Å². The summed E-state index contributed by atoms with van der Waals surface area (Å²) < 4.78 is 0. The number of hydrogen-bond acceptors (Lipinski definition) is 4. The molecule has 0 aliphatic carbocycles. The van der Waals surface area contributed by atoms with Crippen molar-refractivity contribution in [1.29, 1.82) is 5.26 Å². The van der Waals surface area contributed by atoms with Crippen molar-refractivity contribution in [3.63, 3.8) is 0 Å². The maximum Gasteiger partial charge on any atom is 0.258 e. The standard InChI is InChI=1S/C12H14N2O3/c1-8(2)14(7-6-13)12(17)9-4-3-5-10(15)11(9)16/h3-5,8,15-16H,7H2,1-2H3. The molecule has 1 rings (SSSR count). The molecule has 0 spiro atoms. The third kappa shape index (κ3) is 2.67. The molecule has 90 valence electrons. The highest BCUT2D eigenvalue weighted by Gasteiger charge is 2.22. The second-order valence-corrected chi connectivity index (χ2v) is 3.86. The summed E-state index contributed by atoms with van der Waals surface area (Å²) in [6.45, 7) is 3.48. The van der Waals surface area contributed by atoms with Gasteiger partial charge < -0.3 is 15.1 Å². The lowest BCUT2D eigenvalue weighted by Crippen LogP contribution is -2.37. The molecule has 0 bridgehead atoms. The first-order valence-electron chi connectivity index (χ1n) is 5.18. The zero-order valence-electron chi connectivity index (χ0n) is 9.71. The van der Waals surface area contributed by atoms with Crippen LogP contribution >= 0.6 is 0 Å². The number of nitriles is 1. The van der Waals surface area contributed by atoms with Crippen molar-refractivity contribution in [3.05, 3.63) is 23.8 Å². The van der Waals surface area contributed by atoms with Crippen LogP contribution in [0.25, 0.3) is 0 Å². The number of aromatic hydroxyl groups is 2. The van der Waals surface area contributed by atoms with E-state index < -0.39 is 11.7 Å². The Morgan fingerprint density at radius 3 is 2.65 bits per heavy atom. The Hall–Kier alpha value is -2.22. The molecule has 1 aromatic rings. The van der Waals surface area contributed by atoms with Gasteiger partial charge in [0.15, 0.2) is 11.5 Å². The summed E-state index contributed by atoms with van der Waals surface area (Å²) in [6, 6.07) is 5.89. The number of carbonyl (C=O) groups is 1. The maximum atomic E-state index is 12.1. The molecule has 2 N–H and O–H groups in total. The van der Waals surface area contributed by atoms with Crippen molar-refractivity contribution in [2.45, 2.75) is 19.9 Å². The lowest BCUT2D eigenvalue weighted by atomic mass is 10.1. The molecular formula is C12H14N2O3. The van der Waals surface area contributed by atoms with Crippen LogP contribution in [0.4, 0.5) is 0 Å². The first kappa shape index (κ1) is 12.8. The Kier molecular flexibility index (Phi) is 3.94. The number of phenolic OH excluding ortho intramolecular Hbond substituents is 2. The fourth-order valence-corrected chi connectivity index (χ4v) is 1.42. The topological polar surface area (TPSA) is 84.6 Å². The quantitative estimate of drug-likeness (QED) is 0.612. The van der Waals surface area contributed by atoms with Gasteiger partial charge in [0.2, 0.25) is 0 Å². The molecule has 1 aromatic carbocycles. The second kappa shape index (κ2) is 5.21. The minimum atomic E-state index is -0.477. The minimum Gasteiger partial charge on any atom is -0.504 e. The number of rotatable bonds is 3. The van der Waals surface area contributed by atoms with Gasteiger partial charge in [-0.25, -0.2) is 0 Å². The van der Waals surface area contributed by atoms with Gasteiger partial charge in [0.25, 0.3) is 5.91 Å². The number of benzene rings is 1. The van der Waals surface area contributed by atoms with Gasteiger partial charge >= 0.3 is 0 Å². The Labute approximate surface area is 99.5 Å². The summed E-state index contributed by atoms with van der Waals surface area (Å²) in [7, 11) is 0. The Morgan fingerprint density at radius 1 is 1.47 bits per heavy atom. The summed E-state index contributed by atoms with van der Waals surface area (Å²) in [4.78, 5) is 13.4. The molecular weight excluding hydrogens is 220 g/mol. The van der Waals surface area contributed by atoms with Crippen LogP contribution in [-0.4, -0.2) is 33.6 Å². The monoisotopic (exact) mass is 234 g/mol. The number of amides is 1. The average molecular weight is 234 g/mol. The molecule has 1 amide bonds. The highest BCUT2D eigenvalue weighted by Crippen LogP contribution is 2.29. The Balaban J connectivity index is 3.11. The molecule has 0 atom stereocenters. The molecule has 0 heterocycles. The van der Waals surface area contributed by atoms with E-state index in [0.29, 0.717) is 0 Å². The molecule has 0 saturated heterocycles. The molecule has 0 aromatic heterocycles. The summed E-state index contributed by atoms with van der Waals surface area (Å²) in [5, 5.41) is 27.5.